The lowest BCUT2D eigenvalue weighted by Gasteiger charge is -2.08. The summed E-state index contributed by atoms with van der Waals surface area (Å²) in [6.07, 6.45) is 0.566. The monoisotopic (exact) mass is 247 g/mol. The van der Waals surface area contributed by atoms with Gasteiger partial charge >= 0.3 is 6.09 Å². The fourth-order valence-corrected chi connectivity index (χ4v) is 1.75. The predicted molar refractivity (Wildman–Crippen MR) is 70.9 cm³/mol. The summed E-state index contributed by atoms with van der Waals surface area (Å²) >= 11 is 0. The molecule has 0 aliphatic rings. The number of carbonyl (C=O) groups excluding carboxylic acids is 1. The molecule has 0 aliphatic heterocycles. The first-order valence-electron chi connectivity index (χ1n) is 6.16. The van der Waals surface area contributed by atoms with Crippen molar-refractivity contribution in [1.82, 2.24) is 9.55 Å². The Balaban J connectivity index is 2.47. The lowest BCUT2D eigenvalue weighted by atomic mass is 10.3. The van der Waals surface area contributed by atoms with Crippen LogP contribution in [-0.4, -0.2) is 28.8 Å². The molecule has 2 aromatic rings. The molecule has 1 aromatic carbocycles. The Kier molecular flexibility index (Phi) is 3.82. The number of rotatable bonds is 4. The van der Waals surface area contributed by atoms with Crippen molar-refractivity contribution in [2.75, 3.05) is 18.5 Å². The first-order chi connectivity index (χ1) is 8.77. The number of nitrogens with one attached hydrogen (secondary N) is 1. The van der Waals surface area contributed by atoms with Crippen LogP contribution in [-0.2, 0) is 4.74 Å². The van der Waals surface area contributed by atoms with E-state index in [0.29, 0.717) is 12.6 Å². The summed E-state index contributed by atoms with van der Waals surface area (Å²) in [5.74, 6) is 0.538. The number of benzene rings is 1. The molecule has 0 spiro atoms. The maximum Gasteiger partial charge on any atom is 0.421 e. The van der Waals surface area contributed by atoms with Crippen molar-refractivity contribution in [3.05, 3.63) is 24.3 Å². The second-order valence-electron chi connectivity index (χ2n) is 3.89. The molecule has 0 aliphatic carbocycles. The highest BCUT2D eigenvalue weighted by molar-refractivity contribution is 5.90. The van der Waals surface area contributed by atoms with Gasteiger partial charge in [0.25, 0.3) is 0 Å². The first-order valence-corrected chi connectivity index (χ1v) is 6.16. The number of nitrogens with zero attached hydrogens (tertiary/aromatic N) is 2. The molecule has 1 N–H and O–H groups in total. The summed E-state index contributed by atoms with van der Waals surface area (Å²) in [4.78, 5) is 16.4. The molecule has 0 fully saturated rings. The molecule has 18 heavy (non-hydrogen) atoms. The van der Waals surface area contributed by atoms with Gasteiger partial charge in [-0.1, -0.05) is 19.1 Å². The Morgan fingerprint density at radius 1 is 1.39 bits per heavy atom. The van der Waals surface area contributed by atoms with Crippen molar-refractivity contribution in [1.29, 1.82) is 0 Å². The van der Waals surface area contributed by atoms with E-state index in [1.54, 1.807) is 6.92 Å². The zero-order chi connectivity index (χ0) is 13.0. The van der Waals surface area contributed by atoms with Gasteiger partial charge in [0.15, 0.2) is 0 Å². The predicted octanol–water partition coefficient (Wildman–Crippen LogP) is 2.86. The van der Waals surface area contributed by atoms with Gasteiger partial charge in [0.05, 0.1) is 17.6 Å². The number of hydrogen-bond donors (Lipinski definition) is 1. The average molecular weight is 247 g/mol. The molecule has 96 valence electrons. The average Bonchev–Trinajstić information content (AvgIpc) is 2.74. The molecular formula is C13H17N3O2. The van der Waals surface area contributed by atoms with Crippen LogP contribution < -0.4 is 5.32 Å². The zero-order valence-corrected chi connectivity index (χ0v) is 10.6. The van der Waals surface area contributed by atoms with E-state index in [9.17, 15) is 4.79 Å². The minimum atomic E-state index is -0.398. The number of imidazole rings is 1. The Morgan fingerprint density at radius 3 is 2.89 bits per heavy atom. The van der Waals surface area contributed by atoms with Gasteiger partial charge in [0, 0.05) is 6.54 Å². The minimum Gasteiger partial charge on any atom is -0.449 e. The summed E-state index contributed by atoms with van der Waals surface area (Å²) in [5, 5.41) is 3.14. The van der Waals surface area contributed by atoms with Crippen LogP contribution in [0.3, 0.4) is 0 Å². The second kappa shape index (κ2) is 5.53. The maximum absolute atomic E-state index is 12.0. The fraction of sp³-hybridized carbons (Fsp3) is 0.385. The number of ether oxygens (including phenoxy) is 1. The highest BCUT2D eigenvalue weighted by Crippen LogP contribution is 2.19. The maximum atomic E-state index is 12.0. The number of para-hydroxylation sites is 2. The van der Waals surface area contributed by atoms with Gasteiger partial charge in [-0.05, 0) is 25.5 Å². The van der Waals surface area contributed by atoms with Crippen molar-refractivity contribution in [2.24, 2.45) is 0 Å². The van der Waals surface area contributed by atoms with E-state index in [2.05, 4.69) is 17.2 Å². The molecule has 0 amide bonds. The molecule has 1 heterocycles. The van der Waals surface area contributed by atoms with Gasteiger partial charge < -0.3 is 10.1 Å². The molecule has 0 radical (unpaired) electrons. The lowest BCUT2D eigenvalue weighted by Crippen LogP contribution is -2.17. The van der Waals surface area contributed by atoms with Crippen molar-refractivity contribution < 1.29 is 9.53 Å². The Morgan fingerprint density at radius 2 is 2.17 bits per heavy atom. The minimum absolute atomic E-state index is 0.346. The number of hydrogen-bond acceptors (Lipinski definition) is 4. The van der Waals surface area contributed by atoms with E-state index in [-0.39, 0.29) is 0 Å². The number of anilines is 1. The van der Waals surface area contributed by atoms with Gasteiger partial charge in [-0.3, -0.25) is 0 Å². The number of aromatic nitrogens is 2. The molecule has 0 atom stereocenters. The fourth-order valence-electron chi connectivity index (χ4n) is 1.75. The van der Waals surface area contributed by atoms with Gasteiger partial charge in [-0.25, -0.2) is 14.3 Å². The molecule has 2 rings (SSSR count). The smallest absolute Gasteiger partial charge is 0.421 e. The van der Waals surface area contributed by atoms with Crippen LogP contribution in [0, 0.1) is 0 Å². The largest absolute Gasteiger partial charge is 0.449 e. The van der Waals surface area contributed by atoms with E-state index in [1.165, 1.54) is 4.57 Å². The van der Waals surface area contributed by atoms with Crippen LogP contribution >= 0.6 is 0 Å². The van der Waals surface area contributed by atoms with Crippen molar-refractivity contribution in [3.8, 4) is 0 Å². The molecule has 0 bridgehead atoms. The molecule has 5 nitrogen and oxygen atoms in total. The third kappa shape index (κ3) is 2.30. The summed E-state index contributed by atoms with van der Waals surface area (Å²) in [5.41, 5.74) is 1.54. The molecule has 5 heteroatoms. The lowest BCUT2D eigenvalue weighted by molar-refractivity contribution is 0.155. The summed E-state index contributed by atoms with van der Waals surface area (Å²) < 4.78 is 6.54. The normalized spacial score (nSPS) is 10.6. The molecule has 0 saturated carbocycles. The van der Waals surface area contributed by atoms with E-state index < -0.39 is 6.09 Å². The van der Waals surface area contributed by atoms with Gasteiger partial charge in [-0.15, -0.1) is 0 Å². The van der Waals surface area contributed by atoms with Crippen LogP contribution in [0.1, 0.15) is 20.3 Å². The van der Waals surface area contributed by atoms with E-state index in [0.717, 1.165) is 24.0 Å². The Labute approximate surface area is 106 Å². The summed E-state index contributed by atoms with van der Waals surface area (Å²) in [6.45, 7) is 4.96. The third-order valence-electron chi connectivity index (χ3n) is 2.54. The van der Waals surface area contributed by atoms with Gasteiger partial charge in [0.2, 0.25) is 5.95 Å². The van der Waals surface area contributed by atoms with Gasteiger partial charge in [0.1, 0.15) is 0 Å². The summed E-state index contributed by atoms with van der Waals surface area (Å²) in [6, 6.07) is 7.51. The standard InChI is InChI=1S/C13H17N3O2/c1-3-9-14-12-15-10-7-5-6-8-11(10)16(12)13(17)18-4-2/h5-8H,3-4,9H2,1-2H3,(H,14,15). The van der Waals surface area contributed by atoms with Gasteiger partial charge in [-0.2, -0.15) is 0 Å². The van der Waals surface area contributed by atoms with Crippen LogP contribution in [0.25, 0.3) is 11.0 Å². The second-order valence-corrected chi connectivity index (χ2v) is 3.89. The summed E-state index contributed by atoms with van der Waals surface area (Å²) in [7, 11) is 0. The van der Waals surface area contributed by atoms with Crippen LogP contribution in [0.4, 0.5) is 10.7 Å². The van der Waals surface area contributed by atoms with Crippen LogP contribution in [0.15, 0.2) is 24.3 Å². The van der Waals surface area contributed by atoms with Crippen molar-refractivity contribution in [3.63, 3.8) is 0 Å². The SMILES string of the molecule is CCCNc1nc2ccccc2n1C(=O)OCC. The molecule has 0 unspecified atom stereocenters. The van der Waals surface area contributed by atoms with E-state index in [4.69, 9.17) is 4.74 Å². The Hall–Kier alpha value is -2.04. The number of fused-ring (bicyclic) bond motifs is 1. The third-order valence-corrected chi connectivity index (χ3v) is 2.54. The zero-order valence-electron chi connectivity index (χ0n) is 10.6. The van der Waals surface area contributed by atoms with Crippen molar-refractivity contribution >= 4 is 23.1 Å². The highest BCUT2D eigenvalue weighted by Gasteiger charge is 2.16. The Bertz CT molecular complexity index is 548. The first kappa shape index (κ1) is 12.4. The van der Waals surface area contributed by atoms with E-state index >= 15 is 0 Å². The van der Waals surface area contributed by atoms with E-state index in [1.807, 2.05) is 24.3 Å². The molecule has 1 aromatic heterocycles. The molecular weight excluding hydrogens is 230 g/mol. The molecule has 0 saturated heterocycles. The van der Waals surface area contributed by atoms with Crippen molar-refractivity contribution in [2.45, 2.75) is 20.3 Å². The number of carbonyl (C=O) groups is 1. The van der Waals surface area contributed by atoms with Crippen LogP contribution in [0.2, 0.25) is 0 Å². The quantitative estimate of drug-likeness (QED) is 0.902. The topological polar surface area (TPSA) is 56.2 Å². The highest BCUT2D eigenvalue weighted by atomic mass is 16.5. The van der Waals surface area contributed by atoms with Crippen LogP contribution in [0.5, 0.6) is 0 Å².